The third-order valence-electron chi connectivity index (χ3n) is 3.50. The summed E-state index contributed by atoms with van der Waals surface area (Å²) >= 11 is 0. The molecule has 90 valence electrons. The van der Waals surface area contributed by atoms with Crippen molar-refractivity contribution in [1.82, 2.24) is 20.2 Å². The lowest BCUT2D eigenvalue weighted by molar-refractivity contribution is 0.382. The van der Waals surface area contributed by atoms with Crippen LogP contribution in [0.2, 0.25) is 0 Å². The van der Waals surface area contributed by atoms with Crippen LogP contribution in [0, 0.1) is 5.92 Å². The first-order valence-electron chi connectivity index (χ1n) is 5.90. The molecule has 2 aromatic heterocycles. The Morgan fingerprint density at radius 2 is 2.35 bits per heavy atom. The molecule has 2 aromatic rings. The summed E-state index contributed by atoms with van der Waals surface area (Å²) in [6.07, 6.45) is 4.36. The Morgan fingerprint density at radius 1 is 1.47 bits per heavy atom. The summed E-state index contributed by atoms with van der Waals surface area (Å²) in [5.74, 6) is 1.45. The Hall–Kier alpha value is -1.69. The van der Waals surface area contributed by atoms with Gasteiger partial charge in [-0.15, -0.1) is 0 Å². The van der Waals surface area contributed by atoms with Gasteiger partial charge in [0.25, 0.3) is 0 Å². The minimum absolute atomic E-state index is 0.299. The van der Waals surface area contributed by atoms with Crippen LogP contribution in [0.4, 0.5) is 5.82 Å². The lowest BCUT2D eigenvalue weighted by atomic mass is 9.95. The van der Waals surface area contributed by atoms with Crippen LogP contribution in [0.5, 0.6) is 0 Å². The summed E-state index contributed by atoms with van der Waals surface area (Å²) in [5, 5.41) is 7.86. The number of hydrogen-bond acceptors (Lipinski definition) is 5. The number of anilines is 1. The third kappa shape index (κ3) is 1.74. The molecule has 17 heavy (non-hydrogen) atoms. The van der Waals surface area contributed by atoms with Crippen molar-refractivity contribution in [2.24, 2.45) is 11.7 Å². The van der Waals surface area contributed by atoms with E-state index in [1.165, 1.54) is 0 Å². The van der Waals surface area contributed by atoms with Crippen molar-refractivity contribution >= 4 is 16.9 Å². The van der Waals surface area contributed by atoms with Crippen LogP contribution in [-0.2, 0) is 0 Å². The van der Waals surface area contributed by atoms with Gasteiger partial charge in [0.05, 0.1) is 11.6 Å². The van der Waals surface area contributed by atoms with E-state index in [0.717, 1.165) is 36.4 Å². The first-order chi connectivity index (χ1) is 8.25. The normalized spacial score (nSPS) is 25.4. The maximum Gasteiger partial charge on any atom is 0.160 e. The van der Waals surface area contributed by atoms with Crippen LogP contribution >= 0.6 is 0 Å². The first-order valence-corrected chi connectivity index (χ1v) is 5.90. The smallest absolute Gasteiger partial charge is 0.160 e. The van der Waals surface area contributed by atoms with Gasteiger partial charge in [-0.3, -0.25) is 5.10 Å². The zero-order chi connectivity index (χ0) is 11.8. The molecule has 0 spiro atoms. The summed E-state index contributed by atoms with van der Waals surface area (Å²) in [7, 11) is 0. The number of aromatic amines is 1. The van der Waals surface area contributed by atoms with Gasteiger partial charge in [-0.25, -0.2) is 9.97 Å². The number of nitrogens with two attached hydrogens (primary N) is 1. The summed E-state index contributed by atoms with van der Waals surface area (Å²) < 4.78 is 0. The topological polar surface area (TPSA) is 83.7 Å². The Labute approximate surface area is 99.2 Å². The van der Waals surface area contributed by atoms with Crippen molar-refractivity contribution in [1.29, 1.82) is 0 Å². The van der Waals surface area contributed by atoms with Gasteiger partial charge in [0, 0.05) is 19.1 Å². The van der Waals surface area contributed by atoms with Crippen LogP contribution in [0.3, 0.4) is 0 Å². The summed E-state index contributed by atoms with van der Waals surface area (Å²) in [5.41, 5.74) is 6.82. The van der Waals surface area contributed by atoms with Crippen LogP contribution in [0.25, 0.3) is 11.0 Å². The number of H-pyrrole nitrogens is 1. The van der Waals surface area contributed by atoms with E-state index in [1.54, 1.807) is 12.5 Å². The number of nitrogens with zero attached hydrogens (tertiary/aromatic N) is 4. The molecule has 0 aliphatic carbocycles. The molecule has 2 atom stereocenters. The Bertz CT molecular complexity index is 521. The third-order valence-corrected chi connectivity index (χ3v) is 3.50. The highest BCUT2D eigenvalue weighted by Gasteiger charge is 2.25. The first kappa shape index (κ1) is 10.5. The molecule has 3 rings (SSSR count). The second kappa shape index (κ2) is 3.96. The Kier molecular flexibility index (Phi) is 2.44. The van der Waals surface area contributed by atoms with Crippen LogP contribution in [-0.4, -0.2) is 39.3 Å². The molecule has 0 aromatic carbocycles. The van der Waals surface area contributed by atoms with Gasteiger partial charge in [0.2, 0.25) is 0 Å². The number of piperidine rings is 1. The predicted octanol–water partition coefficient (Wildman–Crippen LogP) is 0.526. The fourth-order valence-electron chi connectivity index (χ4n) is 2.36. The van der Waals surface area contributed by atoms with Gasteiger partial charge >= 0.3 is 0 Å². The predicted molar refractivity (Wildman–Crippen MR) is 65.7 cm³/mol. The average molecular weight is 232 g/mol. The largest absolute Gasteiger partial charge is 0.356 e. The molecule has 6 nitrogen and oxygen atoms in total. The lowest BCUT2D eigenvalue weighted by Gasteiger charge is -2.35. The van der Waals surface area contributed by atoms with E-state index in [-0.39, 0.29) is 0 Å². The zero-order valence-corrected chi connectivity index (χ0v) is 9.80. The van der Waals surface area contributed by atoms with E-state index in [1.807, 2.05) is 0 Å². The number of aromatic nitrogens is 4. The van der Waals surface area contributed by atoms with E-state index >= 15 is 0 Å². The van der Waals surface area contributed by atoms with E-state index < -0.39 is 0 Å². The van der Waals surface area contributed by atoms with Gasteiger partial charge in [0.1, 0.15) is 12.1 Å². The molecule has 0 amide bonds. The number of fused-ring (bicyclic) bond motifs is 1. The number of rotatable bonds is 1. The maximum atomic E-state index is 6.03. The standard InChI is InChI=1S/C11H16N6/c1-7-5-17(3-2-9(7)12)11-8-4-15-16-10(8)13-6-14-11/h4,6-7,9H,2-3,5,12H2,1H3,(H,13,14,15,16). The van der Waals surface area contributed by atoms with Gasteiger partial charge in [-0.2, -0.15) is 5.10 Å². The quantitative estimate of drug-likeness (QED) is 0.749. The molecule has 3 heterocycles. The highest BCUT2D eigenvalue weighted by atomic mass is 15.2. The number of nitrogens with one attached hydrogen (secondary N) is 1. The van der Waals surface area contributed by atoms with Crippen molar-refractivity contribution in [3.63, 3.8) is 0 Å². The minimum atomic E-state index is 0.299. The van der Waals surface area contributed by atoms with E-state index in [4.69, 9.17) is 5.73 Å². The van der Waals surface area contributed by atoms with Crippen molar-refractivity contribution in [3.05, 3.63) is 12.5 Å². The summed E-state index contributed by atoms with van der Waals surface area (Å²) in [6, 6.07) is 0.299. The Morgan fingerprint density at radius 3 is 3.18 bits per heavy atom. The zero-order valence-electron chi connectivity index (χ0n) is 9.80. The van der Waals surface area contributed by atoms with Crippen LogP contribution < -0.4 is 10.6 Å². The fourth-order valence-corrected chi connectivity index (χ4v) is 2.36. The number of hydrogen-bond donors (Lipinski definition) is 2. The molecular formula is C11H16N6. The Balaban J connectivity index is 1.96. The molecule has 0 bridgehead atoms. The van der Waals surface area contributed by atoms with Gasteiger partial charge in [0.15, 0.2) is 5.65 Å². The average Bonchev–Trinajstić information content (AvgIpc) is 2.80. The van der Waals surface area contributed by atoms with E-state index in [9.17, 15) is 0 Å². The molecule has 1 aliphatic heterocycles. The van der Waals surface area contributed by atoms with Crippen molar-refractivity contribution < 1.29 is 0 Å². The summed E-state index contributed by atoms with van der Waals surface area (Å²) in [4.78, 5) is 10.8. The second-order valence-electron chi connectivity index (χ2n) is 4.71. The monoisotopic (exact) mass is 232 g/mol. The van der Waals surface area contributed by atoms with E-state index in [0.29, 0.717) is 12.0 Å². The van der Waals surface area contributed by atoms with E-state index in [2.05, 4.69) is 32.0 Å². The van der Waals surface area contributed by atoms with Gasteiger partial charge in [-0.1, -0.05) is 6.92 Å². The molecule has 0 radical (unpaired) electrons. The van der Waals surface area contributed by atoms with Crippen molar-refractivity contribution in [2.45, 2.75) is 19.4 Å². The molecule has 2 unspecified atom stereocenters. The molecular weight excluding hydrogens is 216 g/mol. The second-order valence-corrected chi connectivity index (χ2v) is 4.71. The van der Waals surface area contributed by atoms with Crippen molar-refractivity contribution in [3.8, 4) is 0 Å². The fraction of sp³-hybridized carbons (Fsp3) is 0.545. The SMILES string of the molecule is CC1CN(c2ncnc3[nH]ncc23)CCC1N. The molecule has 6 heteroatoms. The molecule has 3 N–H and O–H groups in total. The molecule has 1 aliphatic rings. The summed E-state index contributed by atoms with van der Waals surface area (Å²) in [6.45, 7) is 4.08. The molecule has 1 saturated heterocycles. The minimum Gasteiger partial charge on any atom is -0.356 e. The highest BCUT2D eigenvalue weighted by Crippen LogP contribution is 2.25. The lowest BCUT2D eigenvalue weighted by Crippen LogP contribution is -2.46. The highest BCUT2D eigenvalue weighted by molar-refractivity contribution is 5.86. The maximum absolute atomic E-state index is 6.03. The molecule has 0 saturated carbocycles. The van der Waals surface area contributed by atoms with Crippen LogP contribution in [0.1, 0.15) is 13.3 Å². The van der Waals surface area contributed by atoms with Crippen LogP contribution in [0.15, 0.2) is 12.5 Å². The van der Waals surface area contributed by atoms with Gasteiger partial charge in [-0.05, 0) is 12.3 Å². The molecule has 1 fully saturated rings. The van der Waals surface area contributed by atoms with Crippen molar-refractivity contribution in [2.75, 3.05) is 18.0 Å². The van der Waals surface area contributed by atoms with Gasteiger partial charge < -0.3 is 10.6 Å².